The summed E-state index contributed by atoms with van der Waals surface area (Å²) in [6.45, 7) is 0. The van der Waals surface area contributed by atoms with Gasteiger partial charge in [-0.2, -0.15) is 5.10 Å². The zero-order chi connectivity index (χ0) is 16.2. The molecule has 0 unspecified atom stereocenters. The number of hydrogen-bond donors (Lipinski definition) is 2. The van der Waals surface area contributed by atoms with Crippen LogP contribution in [0.5, 0.6) is 5.75 Å². The summed E-state index contributed by atoms with van der Waals surface area (Å²) in [4.78, 5) is 4.39. The number of phenols is 1. The Labute approximate surface area is 140 Å². The van der Waals surface area contributed by atoms with Gasteiger partial charge in [-0.1, -0.05) is 41.9 Å². The molecule has 0 aliphatic rings. The number of nitrogens with one attached hydrogen (secondary N) is 1. The summed E-state index contributed by atoms with van der Waals surface area (Å²) >= 11 is 7.05. The molecule has 1 heterocycles. The Morgan fingerprint density at radius 3 is 2.78 bits per heavy atom. The Morgan fingerprint density at radius 1 is 1.22 bits per heavy atom. The van der Waals surface area contributed by atoms with Gasteiger partial charge in [0.15, 0.2) is 5.82 Å². The molecule has 0 atom stereocenters. The molecule has 0 saturated heterocycles. The number of thiazole rings is 1. The van der Waals surface area contributed by atoms with E-state index in [1.54, 1.807) is 0 Å². The largest absolute Gasteiger partial charge is 0.507 e. The molecular formula is C16H11ClFN3OS. The van der Waals surface area contributed by atoms with Crippen LogP contribution in [0.3, 0.4) is 0 Å². The maximum atomic E-state index is 13.8. The highest BCUT2D eigenvalue weighted by Crippen LogP contribution is 2.26. The van der Waals surface area contributed by atoms with Crippen LogP contribution in [0.4, 0.5) is 9.52 Å². The van der Waals surface area contributed by atoms with Crippen molar-refractivity contribution in [1.29, 1.82) is 0 Å². The molecule has 0 saturated carbocycles. The lowest BCUT2D eigenvalue weighted by Crippen LogP contribution is -1.94. The SMILES string of the molecule is Oc1ccc(Cl)c(F)c1C=NNc1nc(-c2ccccc2)cs1. The molecule has 0 amide bonds. The number of nitrogens with zero attached hydrogens (tertiary/aromatic N) is 2. The van der Waals surface area contributed by atoms with Crippen LogP contribution in [-0.4, -0.2) is 16.3 Å². The van der Waals surface area contributed by atoms with Gasteiger partial charge >= 0.3 is 0 Å². The van der Waals surface area contributed by atoms with E-state index in [1.807, 2.05) is 35.7 Å². The second-order valence-corrected chi connectivity index (χ2v) is 5.83. The third-order valence-electron chi connectivity index (χ3n) is 3.04. The summed E-state index contributed by atoms with van der Waals surface area (Å²) in [7, 11) is 0. The molecule has 0 fully saturated rings. The van der Waals surface area contributed by atoms with Crippen molar-refractivity contribution in [1.82, 2.24) is 4.98 Å². The molecule has 3 aromatic rings. The van der Waals surface area contributed by atoms with Gasteiger partial charge in [0.1, 0.15) is 5.75 Å². The number of benzene rings is 2. The van der Waals surface area contributed by atoms with E-state index >= 15 is 0 Å². The van der Waals surface area contributed by atoms with Gasteiger partial charge < -0.3 is 5.11 Å². The average Bonchev–Trinajstić information content (AvgIpc) is 3.04. The normalized spacial score (nSPS) is 11.0. The highest BCUT2D eigenvalue weighted by Gasteiger charge is 2.10. The Bertz CT molecular complexity index is 852. The molecular weight excluding hydrogens is 337 g/mol. The molecule has 2 aromatic carbocycles. The van der Waals surface area contributed by atoms with Crippen molar-refractivity contribution < 1.29 is 9.50 Å². The number of aromatic nitrogens is 1. The quantitative estimate of drug-likeness (QED) is 0.528. The maximum Gasteiger partial charge on any atom is 0.203 e. The zero-order valence-electron chi connectivity index (χ0n) is 11.7. The van der Waals surface area contributed by atoms with Gasteiger partial charge in [0.05, 0.1) is 22.5 Å². The summed E-state index contributed by atoms with van der Waals surface area (Å²) in [6.07, 6.45) is 1.17. The minimum Gasteiger partial charge on any atom is -0.507 e. The van der Waals surface area contributed by atoms with Crippen molar-refractivity contribution in [2.75, 3.05) is 5.43 Å². The highest BCUT2D eigenvalue weighted by molar-refractivity contribution is 7.14. The molecule has 3 rings (SSSR count). The monoisotopic (exact) mass is 347 g/mol. The van der Waals surface area contributed by atoms with Gasteiger partial charge in [0.2, 0.25) is 5.13 Å². The summed E-state index contributed by atoms with van der Waals surface area (Å²) in [5.41, 5.74) is 4.46. The third kappa shape index (κ3) is 3.49. The number of hydrazone groups is 1. The Morgan fingerprint density at radius 2 is 2.00 bits per heavy atom. The minimum atomic E-state index is -0.721. The summed E-state index contributed by atoms with van der Waals surface area (Å²) in [6, 6.07) is 12.3. The minimum absolute atomic E-state index is 0.0788. The average molecular weight is 348 g/mol. The molecule has 2 N–H and O–H groups in total. The van der Waals surface area contributed by atoms with Gasteiger partial charge in [0, 0.05) is 10.9 Å². The fourth-order valence-corrected chi connectivity index (χ4v) is 2.73. The molecule has 0 spiro atoms. The van der Waals surface area contributed by atoms with Crippen molar-refractivity contribution in [2.24, 2.45) is 5.10 Å². The molecule has 0 aliphatic carbocycles. The number of aromatic hydroxyl groups is 1. The van der Waals surface area contributed by atoms with Crippen molar-refractivity contribution in [2.45, 2.75) is 0 Å². The van der Waals surface area contributed by atoms with Crippen LogP contribution in [0, 0.1) is 5.82 Å². The fraction of sp³-hybridized carbons (Fsp3) is 0. The van der Waals surface area contributed by atoms with Gasteiger partial charge in [0.25, 0.3) is 0 Å². The van der Waals surface area contributed by atoms with E-state index in [0.717, 1.165) is 11.3 Å². The fourth-order valence-electron chi connectivity index (χ4n) is 1.90. The molecule has 0 aliphatic heterocycles. The Hall–Kier alpha value is -2.44. The van der Waals surface area contributed by atoms with E-state index in [2.05, 4.69) is 15.5 Å². The van der Waals surface area contributed by atoms with Crippen molar-refractivity contribution in [3.8, 4) is 17.0 Å². The predicted molar refractivity (Wildman–Crippen MR) is 91.8 cm³/mol. The van der Waals surface area contributed by atoms with Crippen LogP contribution in [0.1, 0.15) is 5.56 Å². The Kier molecular flexibility index (Phi) is 4.55. The van der Waals surface area contributed by atoms with Crippen LogP contribution in [0.2, 0.25) is 5.02 Å². The van der Waals surface area contributed by atoms with E-state index < -0.39 is 5.82 Å². The number of hydrogen-bond acceptors (Lipinski definition) is 5. The first-order valence-corrected chi connectivity index (χ1v) is 7.88. The molecule has 23 heavy (non-hydrogen) atoms. The van der Waals surface area contributed by atoms with E-state index in [0.29, 0.717) is 5.13 Å². The maximum absolute atomic E-state index is 13.8. The lowest BCUT2D eigenvalue weighted by Gasteiger charge is -2.02. The third-order valence-corrected chi connectivity index (χ3v) is 4.08. The number of phenolic OH excluding ortho intramolecular Hbond substituents is 1. The van der Waals surface area contributed by atoms with E-state index in [4.69, 9.17) is 11.6 Å². The number of anilines is 1. The smallest absolute Gasteiger partial charge is 0.203 e. The highest BCUT2D eigenvalue weighted by atomic mass is 35.5. The first-order valence-electron chi connectivity index (χ1n) is 6.62. The Balaban J connectivity index is 1.75. The topological polar surface area (TPSA) is 57.5 Å². The van der Waals surface area contributed by atoms with Gasteiger partial charge in [-0.15, -0.1) is 11.3 Å². The predicted octanol–water partition coefficient (Wildman–Crippen LogP) is 4.75. The summed E-state index contributed by atoms with van der Waals surface area (Å²) in [5.74, 6) is -0.956. The van der Waals surface area contributed by atoms with Crippen molar-refractivity contribution in [3.05, 3.63) is 64.2 Å². The van der Waals surface area contributed by atoms with Crippen LogP contribution >= 0.6 is 22.9 Å². The first-order chi connectivity index (χ1) is 11.1. The van der Waals surface area contributed by atoms with Crippen molar-refractivity contribution >= 4 is 34.3 Å². The molecule has 4 nitrogen and oxygen atoms in total. The lowest BCUT2D eigenvalue weighted by atomic mass is 10.2. The van der Waals surface area contributed by atoms with E-state index in [1.165, 1.54) is 29.7 Å². The molecule has 7 heteroatoms. The van der Waals surface area contributed by atoms with Crippen LogP contribution in [-0.2, 0) is 0 Å². The van der Waals surface area contributed by atoms with E-state index in [-0.39, 0.29) is 16.3 Å². The first kappa shape index (κ1) is 15.5. The standard InChI is InChI=1S/C16H11ClFN3OS/c17-12-6-7-14(22)11(15(12)18)8-19-21-16-20-13(9-23-16)10-4-2-1-3-5-10/h1-9,22H,(H,20,21). The lowest BCUT2D eigenvalue weighted by molar-refractivity contribution is 0.468. The second kappa shape index (κ2) is 6.76. The van der Waals surface area contributed by atoms with Crippen LogP contribution < -0.4 is 5.43 Å². The van der Waals surface area contributed by atoms with Gasteiger partial charge in [-0.05, 0) is 12.1 Å². The van der Waals surface area contributed by atoms with E-state index in [9.17, 15) is 9.50 Å². The van der Waals surface area contributed by atoms with Gasteiger partial charge in [-0.3, -0.25) is 5.43 Å². The zero-order valence-corrected chi connectivity index (χ0v) is 13.3. The molecule has 0 radical (unpaired) electrons. The molecule has 116 valence electrons. The number of halogens is 2. The van der Waals surface area contributed by atoms with Crippen molar-refractivity contribution in [3.63, 3.8) is 0 Å². The van der Waals surface area contributed by atoms with Crippen LogP contribution in [0.25, 0.3) is 11.3 Å². The molecule has 0 bridgehead atoms. The van der Waals surface area contributed by atoms with Crippen LogP contribution in [0.15, 0.2) is 52.9 Å². The number of rotatable bonds is 4. The van der Waals surface area contributed by atoms with Gasteiger partial charge in [-0.25, -0.2) is 9.37 Å². The summed E-state index contributed by atoms with van der Waals surface area (Å²) in [5, 5.41) is 15.9. The molecule has 1 aromatic heterocycles. The second-order valence-electron chi connectivity index (χ2n) is 4.57. The summed E-state index contributed by atoms with van der Waals surface area (Å²) < 4.78 is 13.8.